The zero-order valence-corrected chi connectivity index (χ0v) is 16.7. The maximum atomic E-state index is 11.3. The molecule has 0 aromatic rings. The van der Waals surface area contributed by atoms with Crippen LogP contribution in [0.2, 0.25) is 0 Å². The summed E-state index contributed by atoms with van der Waals surface area (Å²) in [5.74, 6) is 0.378. The quantitative estimate of drug-likeness (QED) is 0.515. The van der Waals surface area contributed by atoms with Gasteiger partial charge in [0, 0.05) is 12.8 Å². The number of oxime groups is 1. The molecule has 4 aliphatic rings. The van der Waals surface area contributed by atoms with Crippen molar-refractivity contribution in [1.82, 2.24) is 0 Å². The first-order chi connectivity index (χ1) is 13.4. The molecule has 0 aromatic carbocycles. The molecule has 0 bridgehead atoms. The zero-order valence-electron chi connectivity index (χ0n) is 16.7. The number of hydrogen-bond acceptors (Lipinski definition) is 4. The summed E-state index contributed by atoms with van der Waals surface area (Å²) in [6, 6.07) is 2.41. The molecule has 5 nitrogen and oxygen atoms in total. The highest BCUT2D eigenvalue weighted by Gasteiger charge is 2.60. The molecular weight excluding hydrogens is 352 g/mol. The number of nitriles is 1. The molecule has 2 N–H and O–H groups in total. The van der Waals surface area contributed by atoms with E-state index in [2.05, 4.69) is 24.2 Å². The van der Waals surface area contributed by atoms with Gasteiger partial charge in [0.2, 0.25) is 0 Å². The molecule has 5 heteroatoms. The van der Waals surface area contributed by atoms with Crippen LogP contribution < -0.4 is 0 Å². The van der Waals surface area contributed by atoms with E-state index in [-0.39, 0.29) is 17.3 Å². The minimum Gasteiger partial charge on any atom is -0.481 e. The van der Waals surface area contributed by atoms with Gasteiger partial charge in [-0.1, -0.05) is 17.7 Å². The molecule has 0 saturated heterocycles. The molecule has 150 valence electrons. The Kier molecular flexibility index (Phi) is 4.85. The number of carbonyl (C=O) groups is 1. The first kappa shape index (κ1) is 19.2. The van der Waals surface area contributed by atoms with Gasteiger partial charge >= 0.3 is 5.97 Å². The Balaban J connectivity index is 1.67. The lowest BCUT2D eigenvalue weighted by Crippen LogP contribution is -2.45. The summed E-state index contributed by atoms with van der Waals surface area (Å²) < 4.78 is 0. The number of fused-ring (bicyclic) bond motifs is 4. The molecule has 28 heavy (non-hydrogen) atoms. The van der Waals surface area contributed by atoms with Crippen molar-refractivity contribution in [2.75, 3.05) is 0 Å². The lowest BCUT2D eigenvalue weighted by atomic mass is 9.51. The van der Waals surface area contributed by atoms with E-state index in [0.717, 1.165) is 57.1 Å². The van der Waals surface area contributed by atoms with Gasteiger partial charge in [-0.25, -0.2) is 0 Å². The predicted molar refractivity (Wildman–Crippen MR) is 106 cm³/mol. The average Bonchev–Trinajstić information content (AvgIpc) is 2.98. The Morgan fingerprint density at radius 2 is 2.11 bits per heavy atom. The first-order valence-electron chi connectivity index (χ1n) is 10.7. The molecule has 0 amide bonds. The highest BCUT2D eigenvalue weighted by Crippen LogP contribution is 2.69. The number of carboxylic acid groups (broad SMARTS) is 1. The number of carboxylic acids is 1. The SMILES string of the molecule is C[C@]12CCC3=C4CCC(=NO)C=C4CCC3C1CC[C@]2(CC#N)CCC(=O)O. The molecule has 2 unspecified atom stereocenters. The van der Waals surface area contributed by atoms with Crippen molar-refractivity contribution in [1.29, 1.82) is 5.26 Å². The summed E-state index contributed by atoms with van der Waals surface area (Å²) in [7, 11) is 0. The van der Waals surface area contributed by atoms with Crippen LogP contribution in [0.25, 0.3) is 0 Å². The van der Waals surface area contributed by atoms with Crippen LogP contribution in [0.3, 0.4) is 0 Å². The van der Waals surface area contributed by atoms with E-state index in [4.69, 9.17) is 5.21 Å². The highest BCUT2D eigenvalue weighted by atomic mass is 16.4. The fourth-order valence-electron chi connectivity index (χ4n) is 7.14. The Morgan fingerprint density at radius 1 is 1.29 bits per heavy atom. The van der Waals surface area contributed by atoms with Crippen LogP contribution in [-0.2, 0) is 4.79 Å². The molecule has 2 saturated carbocycles. The van der Waals surface area contributed by atoms with Crippen molar-refractivity contribution in [3.05, 3.63) is 22.8 Å². The third-order valence-electron chi connectivity index (χ3n) is 8.65. The van der Waals surface area contributed by atoms with Gasteiger partial charge in [0.1, 0.15) is 0 Å². The first-order valence-corrected chi connectivity index (χ1v) is 10.7. The van der Waals surface area contributed by atoms with E-state index in [1.54, 1.807) is 5.57 Å². The largest absolute Gasteiger partial charge is 0.481 e. The van der Waals surface area contributed by atoms with Gasteiger partial charge in [-0.05, 0) is 97.7 Å². The van der Waals surface area contributed by atoms with E-state index < -0.39 is 5.97 Å². The van der Waals surface area contributed by atoms with Crippen molar-refractivity contribution in [2.24, 2.45) is 27.8 Å². The minimum atomic E-state index is -0.751. The zero-order chi connectivity index (χ0) is 19.9. The smallest absolute Gasteiger partial charge is 0.303 e. The molecule has 4 atom stereocenters. The van der Waals surface area contributed by atoms with Crippen molar-refractivity contribution < 1.29 is 15.1 Å². The van der Waals surface area contributed by atoms with Gasteiger partial charge < -0.3 is 10.3 Å². The van der Waals surface area contributed by atoms with Crippen LogP contribution in [0.5, 0.6) is 0 Å². The van der Waals surface area contributed by atoms with Gasteiger partial charge in [-0.3, -0.25) is 4.79 Å². The molecule has 2 fully saturated rings. The number of hydrogen-bond donors (Lipinski definition) is 2. The standard InChI is InChI=1S/C23H30N2O3/c1-22-9-6-18-17-5-3-16(25-28)14-15(17)2-4-19(18)20(22)7-10-23(22,12-13-24)11-8-21(26)27/h14,19-20,28H,2-12H2,1H3,(H,26,27)/t19?,20?,22-,23+/m0/s1. The second-order valence-electron chi connectivity index (χ2n) is 9.48. The van der Waals surface area contributed by atoms with Crippen LogP contribution in [0, 0.1) is 34.0 Å². The van der Waals surface area contributed by atoms with Crippen molar-refractivity contribution in [2.45, 2.75) is 77.6 Å². The fraction of sp³-hybridized carbons (Fsp3) is 0.696. The molecule has 0 radical (unpaired) electrons. The number of nitrogens with zero attached hydrogens (tertiary/aromatic N) is 2. The number of allylic oxidation sites excluding steroid dienone is 4. The summed E-state index contributed by atoms with van der Waals surface area (Å²) in [5, 5.41) is 31.4. The molecule has 4 rings (SSSR count). The van der Waals surface area contributed by atoms with E-state index >= 15 is 0 Å². The Labute approximate surface area is 166 Å². The predicted octanol–water partition coefficient (Wildman–Crippen LogP) is 5.22. The highest BCUT2D eigenvalue weighted by molar-refractivity contribution is 5.97. The van der Waals surface area contributed by atoms with E-state index in [0.29, 0.717) is 24.7 Å². The maximum Gasteiger partial charge on any atom is 0.303 e. The van der Waals surface area contributed by atoms with Crippen LogP contribution >= 0.6 is 0 Å². The van der Waals surface area contributed by atoms with Gasteiger partial charge in [-0.2, -0.15) is 5.26 Å². The van der Waals surface area contributed by atoms with Crippen molar-refractivity contribution in [3.8, 4) is 6.07 Å². The maximum absolute atomic E-state index is 11.3. The number of aliphatic carboxylic acids is 1. The average molecular weight is 383 g/mol. The van der Waals surface area contributed by atoms with Gasteiger partial charge in [0.25, 0.3) is 0 Å². The second kappa shape index (κ2) is 7.06. The summed E-state index contributed by atoms with van der Waals surface area (Å²) >= 11 is 0. The van der Waals surface area contributed by atoms with Crippen molar-refractivity contribution in [3.63, 3.8) is 0 Å². The molecule has 0 heterocycles. The summed E-state index contributed by atoms with van der Waals surface area (Å²) in [6.07, 6.45) is 11.5. The topological polar surface area (TPSA) is 93.7 Å². The van der Waals surface area contributed by atoms with Gasteiger partial charge in [0.05, 0.1) is 11.8 Å². The Morgan fingerprint density at radius 3 is 2.82 bits per heavy atom. The summed E-state index contributed by atoms with van der Waals surface area (Å²) in [6.45, 7) is 2.36. The van der Waals surface area contributed by atoms with E-state index in [9.17, 15) is 15.2 Å². The van der Waals surface area contributed by atoms with Crippen LogP contribution in [0.15, 0.2) is 28.0 Å². The fourth-order valence-corrected chi connectivity index (χ4v) is 7.14. The molecule has 0 spiro atoms. The Hall–Kier alpha value is -2.09. The lowest BCUT2D eigenvalue weighted by molar-refractivity contribution is -0.138. The van der Waals surface area contributed by atoms with E-state index in [1.165, 1.54) is 11.1 Å². The molecule has 0 aliphatic heterocycles. The second-order valence-corrected chi connectivity index (χ2v) is 9.48. The van der Waals surface area contributed by atoms with Gasteiger partial charge in [0.15, 0.2) is 0 Å². The molecular formula is C23H30N2O3. The van der Waals surface area contributed by atoms with Crippen LogP contribution in [0.4, 0.5) is 0 Å². The van der Waals surface area contributed by atoms with Crippen LogP contribution in [-0.4, -0.2) is 22.0 Å². The molecule has 4 aliphatic carbocycles. The van der Waals surface area contributed by atoms with Gasteiger partial charge in [-0.15, -0.1) is 0 Å². The monoisotopic (exact) mass is 382 g/mol. The third-order valence-corrected chi connectivity index (χ3v) is 8.65. The van der Waals surface area contributed by atoms with E-state index in [1.807, 2.05) is 0 Å². The molecule has 0 aromatic heterocycles. The Bertz CT molecular complexity index is 818. The lowest BCUT2D eigenvalue weighted by Gasteiger charge is -2.53. The third kappa shape index (κ3) is 2.80. The summed E-state index contributed by atoms with van der Waals surface area (Å²) in [4.78, 5) is 11.3. The number of rotatable bonds is 4. The summed E-state index contributed by atoms with van der Waals surface area (Å²) in [5.41, 5.74) is 5.18. The normalized spacial score (nSPS) is 38.3. The van der Waals surface area contributed by atoms with Crippen molar-refractivity contribution >= 4 is 11.7 Å². The van der Waals surface area contributed by atoms with Crippen LogP contribution in [0.1, 0.15) is 77.6 Å². The minimum absolute atomic E-state index is 0.0561.